The van der Waals surface area contributed by atoms with Crippen molar-refractivity contribution in [3.05, 3.63) is 0 Å². The van der Waals surface area contributed by atoms with Gasteiger partial charge in [-0.3, -0.25) is 9.59 Å². The first kappa shape index (κ1) is 9.90. The second kappa shape index (κ2) is 3.34. The molecule has 0 radical (unpaired) electrons. The molecule has 0 saturated heterocycles. The van der Waals surface area contributed by atoms with Crippen molar-refractivity contribution in [2.75, 3.05) is 0 Å². The minimum absolute atomic E-state index is 0.106. The molecule has 0 amide bonds. The minimum atomic E-state index is -1.62. The molecular weight excluding hydrogens is 150 g/mol. The maximum absolute atomic E-state index is 10.4. The Bertz CT molecular complexity index is 179. The van der Waals surface area contributed by atoms with Crippen LogP contribution in [0.1, 0.15) is 19.8 Å². The molecule has 0 aromatic heterocycles. The Morgan fingerprint density at radius 2 is 1.91 bits per heavy atom. The molecule has 1 unspecified atom stereocenters. The lowest BCUT2D eigenvalue weighted by molar-refractivity contribution is -0.150. The molecule has 0 aliphatic heterocycles. The lowest BCUT2D eigenvalue weighted by Crippen LogP contribution is -2.48. The van der Waals surface area contributed by atoms with Crippen LogP contribution >= 0.6 is 0 Å². The highest BCUT2D eigenvalue weighted by Gasteiger charge is 2.34. The Labute approximate surface area is 63.8 Å². The van der Waals surface area contributed by atoms with E-state index in [0.717, 1.165) is 0 Å². The van der Waals surface area contributed by atoms with Crippen molar-refractivity contribution in [1.82, 2.24) is 0 Å². The van der Waals surface area contributed by atoms with E-state index in [9.17, 15) is 9.59 Å². The fourth-order valence-electron chi connectivity index (χ4n) is 0.622. The Morgan fingerprint density at radius 1 is 1.45 bits per heavy atom. The molecule has 0 aromatic rings. The second-order valence-electron chi connectivity index (χ2n) is 2.39. The Morgan fingerprint density at radius 3 is 2.00 bits per heavy atom. The maximum atomic E-state index is 10.4. The zero-order valence-corrected chi connectivity index (χ0v) is 6.20. The minimum Gasteiger partial charge on any atom is -0.481 e. The van der Waals surface area contributed by atoms with Gasteiger partial charge in [-0.2, -0.15) is 0 Å². The van der Waals surface area contributed by atoms with Gasteiger partial charge in [-0.1, -0.05) is 6.92 Å². The molecule has 0 saturated carbocycles. The van der Waals surface area contributed by atoms with Crippen molar-refractivity contribution >= 4 is 11.9 Å². The van der Waals surface area contributed by atoms with Gasteiger partial charge in [0, 0.05) is 0 Å². The third-order valence-corrected chi connectivity index (χ3v) is 1.52. The summed E-state index contributed by atoms with van der Waals surface area (Å²) in [7, 11) is 0. The highest BCUT2D eigenvalue weighted by Crippen LogP contribution is 2.11. The van der Waals surface area contributed by atoms with E-state index in [1.807, 2.05) is 0 Å². The smallest absolute Gasteiger partial charge is 0.324 e. The summed E-state index contributed by atoms with van der Waals surface area (Å²) in [5.41, 5.74) is 3.64. The van der Waals surface area contributed by atoms with E-state index in [1.54, 1.807) is 0 Å². The summed E-state index contributed by atoms with van der Waals surface area (Å²) < 4.78 is 0. The Balaban J connectivity index is 4.34. The molecule has 5 heteroatoms. The summed E-state index contributed by atoms with van der Waals surface area (Å²) in [4.78, 5) is 20.5. The molecule has 64 valence electrons. The fourth-order valence-corrected chi connectivity index (χ4v) is 0.622. The van der Waals surface area contributed by atoms with E-state index in [2.05, 4.69) is 0 Å². The van der Waals surface area contributed by atoms with Gasteiger partial charge in [0.2, 0.25) is 0 Å². The van der Waals surface area contributed by atoms with E-state index >= 15 is 0 Å². The standard InChI is InChI=1S/C6H11NO4/c1-2-6(7,5(10)11)3-4(8)9/h2-3,7H2,1H3,(H,8,9)(H,10,11). The number of aliphatic carboxylic acids is 2. The van der Waals surface area contributed by atoms with E-state index in [4.69, 9.17) is 15.9 Å². The first-order chi connectivity index (χ1) is 4.92. The van der Waals surface area contributed by atoms with Gasteiger partial charge in [0.05, 0.1) is 6.42 Å². The van der Waals surface area contributed by atoms with Crippen LogP contribution in [0.4, 0.5) is 0 Å². The Hall–Kier alpha value is -1.10. The molecular formula is C6H11NO4. The normalized spacial score (nSPS) is 15.5. The lowest BCUT2D eigenvalue weighted by atomic mass is 9.94. The average molecular weight is 161 g/mol. The molecule has 11 heavy (non-hydrogen) atoms. The van der Waals surface area contributed by atoms with Crippen molar-refractivity contribution in [3.63, 3.8) is 0 Å². The monoisotopic (exact) mass is 161 g/mol. The van der Waals surface area contributed by atoms with Gasteiger partial charge < -0.3 is 15.9 Å². The number of nitrogens with two attached hydrogens (primary N) is 1. The van der Waals surface area contributed by atoms with Gasteiger partial charge in [-0.15, -0.1) is 0 Å². The van der Waals surface area contributed by atoms with Gasteiger partial charge in [-0.05, 0) is 6.42 Å². The molecule has 0 fully saturated rings. The van der Waals surface area contributed by atoms with Crippen molar-refractivity contribution < 1.29 is 19.8 Å². The molecule has 0 rings (SSSR count). The van der Waals surface area contributed by atoms with Crippen LogP contribution in [0.25, 0.3) is 0 Å². The quantitative estimate of drug-likeness (QED) is 0.523. The van der Waals surface area contributed by atoms with Crippen LogP contribution < -0.4 is 5.73 Å². The Kier molecular flexibility index (Phi) is 3.00. The van der Waals surface area contributed by atoms with E-state index in [1.165, 1.54) is 6.92 Å². The zero-order chi connectivity index (χ0) is 9.07. The summed E-state index contributed by atoms with van der Waals surface area (Å²) in [6.45, 7) is 1.54. The number of carboxylic acid groups (broad SMARTS) is 2. The predicted octanol–water partition coefficient (Wildman–Crippen LogP) is -0.347. The number of hydrogen-bond acceptors (Lipinski definition) is 3. The highest BCUT2D eigenvalue weighted by molar-refractivity contribution is 5.84. The van der Waals surface area contributed by atoms with Gasteiger partial charge in [0.1, 0.15) is 5.54 Å². The third-order valence-electron chi connectivity index (χ3n) is 1.52. The summed E-state index contributed by atoms with van der Waals surface area (Å²) in [6, 6.07) is 0. The van der Waals surface area contributed by atoms with Crippen LogP contribution in [0.5, 0.6) is 0 Å². The van der Waals surface area contributed by atoms with Gasteiger partial charge >= 0.3 is 11.9 Å². The average Bonchev–Trinajstić information content (AvgIpc) is 1.86. The number of hydrogen-bond donors (Lipinski definition) is 3. The summed E-state index contributed by atoms with van der Waals surface area (Å²) in [5.74, 6) is -2.47. The van der Waals surface area contributed by atoms with Crippen LogP contribution in [0.15, 0.2) is 0 Å². The largest absolute Gasteiger partial charge is 0.481 e. The van der Waals surface area contributed by atoms with E-state index in [0.29, 0.717) is 0 Å². The first-order valence-electron chi connectivity index (χ1n) is 3.16. The highest BCUT2D eigenvalue weighted by atomic mass is 16.4. The molecule has 0 aromatic carbocycles. The SMILES string of the molecule is CCC(N)(CC(=O)O)C(=O)O. The molecule has 0 bridgehead atoms. The van der Waals surface area contributed by atoms with Crippen LogP contribution in [-0.4, -0.2) is 27.7 Å². The van der Waals surface area contributed by atoms with Crippen molar-refractivity contribution in [2.24, 2.45) is 5.73 Å². The molecule has 5 nitrogen and oxygen atoms in total. The second-order valence-corrected chi connectivity index (χ2v) is 2.39. The first-order valence-corrected chi connectivity index (χ1v) is 3.16. The van der Waals surface area contributed by atoms with E-state index in [-0.39, 0.29) is 6.42 Å². The van der Waals surface area contributed by atoms with Crippen molar-refractivity contribution in [2.45, 2.75) is 25.3 Å². The number of carboxylic acids is 2. The predicted molar refractivity (Wildman–Crippen MR) is 37.1 cm³/mol. The van der Waals surface area contributed by atoms with Gasteiger partial charge in [0.25, 0.3) is 0 Å². The summed E-state index contributed by atoms with van der Waals surface area (Å²) in [5, 5.41) is 16.8. The van der Waals surface area contributed by atoms with Crippen molar-refractivity contribution in [1.29, 1.82) is 0 Å². The van der Waals surface area contributed by atoms with Crippen LogP contribution in [0.2, 0.25) is 0 Å². The third kappa shape index (κ3) is 2.55. The molecule has 0 spiro atoms. The summed E-state index contributed by atoms with van der Waals surface area (Å²) >= 11 is 0. The van der Waals surface area contributed by atoms with Crippen LogP contribution in [0.3, 0.4) is 0 Å². The lowest BCUT2D eigenvalue weighted by Gasteiger charge is -2.19. The molecule has 0 heterocycles. The van der Waals surface area contributed by atoms with E-state index < -0.39 is 23.9 Å². The zero-order valence-electron chi connectivity index (χ0n) is 6.20. The van der Waals surface area contributed by atoms with Gasteiger partial charge in [-0.25, -0.2) is 0 Å². The molecule has 0 aliphatic carbocycles. The molecule has 0 aliphatic rings. The maximum Gasteiger partial charge on any atom is 0.324 e. The fraction of sp³-hybridized carbons (Fsp3) is 0.667. The number of rotatable bonds is 4. The topological polar surface area (TPSA) is 101 Å². The van der Waals surface area contributed by atoms with Crippen LogP contribution in [-0.2, 0) is 9.59 Å². The molecule has 4 N–H and O–H groups in total. The van der Waals surface area contributed by atoms with Crippen LogP contribution in [0, 0.1) is 0 Å². The molecule has 1 atom stereocenters. The number of carbonyl (C=O) groups is 2. The van der Waals surface area contributed by atoms with Gasteiger partial charge in [0.15, 0.2) is 0 Å². The van der Waals surface area contributed by atoms with Crippen molar-refractivity contribution in [3.8, 4) is 0 Å². The summed E-state index contributed by atoms with van der Waals surface area (Å²) in [6.07, 6.45) is -0.437.